The Kier molecular flexibility index (Phi) is 6.63. The SMILES string of the molecule is CN(CC(=O)NC1CC1)CC(=O)NC1CCN(Cc2ccccc2)CC1. The van der Waals surface area contributed by atoms with E-state index in [1.807, 2.05) is 13.1 Å². The third-order valence-corrected chi connectivity index (χ3v) is 4.97. The van der Waals surface area contributed by atoms with Crippen molar-refractivity contribution in [1.29, 1.82) is 0 Å². The van der Waals surface area contributed by atoms with E-state index in [2.05, 4.69) is 39.8 Å². The molecule has 0 spiro atoms. The second kappa shape index (κ2) is 9.14. The molecule has 0 atom stereocenters. The van der Waals surface area contributed by atoms with Crippen LogP contribution >= 0.6 is 0 Å². The molecule has 3 rings (SSSR count). The first-order valence-electron chi connectivity index (χ1n) is 9.62. The van der Waals surface area contributed by atoms with Crippen molar-refractivity contribution in [2.45, 2.75) is 44.3 Å². The number of nitrogens with one attached hydrogen (secondary N) is 2. The van der Waals surface area contributed by atoms with Gasteiger partial charge in [-0.2, -0.15) is 0 Å². The quantitative estimate of drug-likeness (QED) is 0.727. The summed E-state index contributed by atoms with van der Waals surface area (Å²) in [6.07, 6.45) is 4.12. The third-order valence-electron chi connectivity index (χ3n) is 4.97. The summed E-state index contributed by atoms with van der Waals surface area (Å²) >= 11 is 0. The van der Waals surface area contributed by atoms with Crippen LogP contribution in [0.25, 0.3) is 0 Å². The van der Waals surface area contributed by atoms with E-state index in [4.69, 9.17) is 0 Å². The number of hydrogen-bond donors (Lipinski definition) is 2. The molecule has 6 heteroatoms. The smallest absolute Gasteiger partial charge is 0.234 e. The van der Waals surface area contributed by atoms with Crippen LogP contribution in [0.4, 0.5) is 0 Å². The number of carbonyl (C=O) groups is 2. The molecule has 0 radical (unpaired) electrons. The van der Waals surface area contributed by atoms with Gasteiger partial charge in [0.1, 0.15) is 0 Å². The lowest BCUT2D eigenvalue weighted by Crippen LogP contribution is -2.47. The summed E-state index contributed by atoms with van der Waals surface area (Å²) in [5, 5.41) is 6.07. The van der Waals surface area contributed by atoms with Crippen LogP contribution in [-0.2, 0) is 16.1 Å². The maximum atomic E-state index is 12.2. The summed E-state index contributed by atoms with van der Waals surface area (Å²) in [5.74, 6) is 0.0188. The summed E-state index contributed by atoms with van der Waals surface area (Å²) in [7, 11) is 1.81. The van der Waals surface area contributed by atoms with Crippen molar-refractivity contribution in [3.63, 3.8) is 0 Å². The van der Waals surface area contributed by atoms with E-state index in [9.17, 15) is 9.59 Å². The lowest BCUT2D eigenvalue weighted by Gasteiger charge is -2.32. The minimum absolute atomic E-state index is 0.00762. The zero-order valence-electron chi connectivity index (χ0n) is 15.6. The number of likely N-dealkylation sites (N-methyl/N-ethyl adjacent to an activating group) is 1. The Balaban J connectivity index is 1.31. The molecule has 1 aliphatic heterocycles. The molecule has 26 heavy (non-hydrogen) atoms. The lowest BCUT2D eigenvalue weighted by atomic mass is 10.0. The Morgan fingerprint density at radius 2 is 1.50 bits per heavy atom. The first-order chi connectivity index (χ1) is 12.6. The van der Waals surface area contributed by atoms with Crippen LogP contribution in [0.2, 0.25) is 0 Å². The van der Waals surface area contributed by atoms with Gasteiger partial charge in [0.05, 0.1) is 13.1 Å². The highest BCUT2D eigenvalue weighted by atomic mass is 16.2. The zero-order valence-corrected chi connectivity index (χ0v) is 15.6. The number of rotatable bonds is 8. The van der Waals surface area contributed by atoms with E-state index in [-0.39, 0.29) is 30.9 Å². The summed E-state index contributed by atoms with van der Waals surface area (Å²) < 4.78 is 0. The number of piperidine rings is 1. The van der Waals surface area contributed by atoms with Crippen LogP contribution in [0.15, 0.2) is 30.3 Å². The maximum absolute atomic E-state index is 12.2. The van der Waals surface area contributed by atoms with E-state index in [1.165, 1.54) is 5.56 Å². The van der Waals surface area contributed by atoms with Crippen LogP contribution in [0, 0.1) is 0 Å². The Bertz CT molecular complexity index is 595. The second-order valence-electron chi connectivity index (χ2n) is 7.62. The summed E-state index contributed by atoms with van der Waals surface area (Å²) in [5.41, 5.74) is 1.33. The van der Waals surface area contributed by atoms with Gasteiger partial charge < -0.3 is 10.6 Å². The molecule has 0 unspecified atom stereocenters. The van der Waals surface area contributed by atoms with Gasteiger partial charge in [-0.15, -0.1) is 0 Å². The van der Waals surface area contributed by atoms with Crippen molar-refractivity contribution in [1.82, 2.24) is 20.4 Å². The van der Waals surface area contributed by atoms with E-state index in [1.54, 1.807) is 4.90 Å². The van der Waals surface area contributed by atoms with E-state index >= 15 is 0 Å². The van der Waals surface area contributed by atoms with Crippen molar-refractivity contribution in [2.75, 3.05) is 33.2 Å². The third kappa shape index (κ3) is 6.42. The van der Waals surface area contributed by atoms with Gasteiger partial charge in [-0.05, 0) is 38.3 Å². The van der Waals surface area contributed by atoms with Crippen LogP contribution in [-0.4, -0.2) is 66.9 Å². The van der Waals surface area contributed by atoms with Gasteiger partial charge in [0.2, 0.25) is 11.8 Å². The number of likely N-dealkylation sites (tertiary alicyclic amines) is 1. The molecule has 2 aliphatic rings. The molecule has 2 amide bonds. The zero-order chi connectivity index (χ0) is 18.4. The van der Waals surface area contributed by atoms with E-state index in [0.717, 1.165) is 45.3 Å². The monoisotopic (exact) mass is 358 g/mol. The Morgan fingerprint density at radius 3 is 2.04 bits per heavy atom. The molecule has 2 fully saturated rings. The molecule has 0 bridgehead atoms. The van der Waals surface area contributed by atoms with Crippen molar-refractivity contribution in [2.24, 2.45) is 0 Å². The first-order valence-corrected chi connectivity index (χ1v) is 9.62. The molecule has 2 N–H and O–H groups in total. The molecule has 1 heterocycles. The fourth-order valence-corrected chi connectivity index (χ4v) is 3.40. The van der Waals surface area contributed by atoms with Gasteiger partial charge in [-0.3, -0.25) is 19.4 Å². The molecule has 1 aromatic carbocycles. The predicted molar refractivity (Wildman–Crippen MR) is 102 cm³/mol. The number of hydrogen-bond acceptors (Lipinski definition) is 4. The molecular formula is C20H30N4O2. The highest BCUT2D eigenvalue weighted by molar-refractivity contribution is 5.81. The fourth-order valence-electron chi connectivity index (χ4n) is 3.40. The minimum atomic E-state index is 0.00762. The van der Waals surface area contributed by atoms with Crippen molar-refractivity contribution in [3.05, 3.63) is 35.9 Å². The van der Waals surface area contributed by atoms with Crippen molar-refractivity contribution in [3.8, 4) is 0 Å². The fraction of sp³-hybridized carbons (Fsp3) is 0.600. The molecule has 1 aliphatic carbocycles. The normalized spacial score (nSPS) is 18.7. The minimum Gasteiger partial charge on any atom is -0.352 e. The van der Waals surface area contributed by atoms with Crippen LogP contribution in [0.5, 0.6) is 0 Å². The first kappa shape index (κ1) is 18.9. The standard InChI is InChI=1S/C20H30N4O2/c1-23(14-19(25)21-17-7-8-17)15-20(26)22-18-9-11-24(12-10-18)13-16-5-3-2-4-6-16/h2-6,17-18H,7-15H2,1H3,(H,21,25)(H,22,26). The maximum Gasteiger partial charge on any atom is 0.234 e. The van der Waals surface area contributed by atoms with Crippen LogP contribution < -0.4 is 10.6 Å². The van der Waals surface area contributed by atoms with Crippen LogP contribution in [0.1, 0.15) is 31.2 Å². The van der Waals surface area contributed by atoms with Crippen molar-refractivity contribution >= 4 is 11.8 Å². The largest absolute Gasteiger partial charge is 0.352 e. The average Bonchev–Trinajstić information content (AvgIpc) is 3.41. The lowest BCUT2D eigenvalue weighted by molar-refractivity contribution is -0.125. The number of carbonyl (C=O) groups excluding carboxylic acids is 2. The predicted octanol–water partition coefficient (Wildman–Crippen LogP) is 0.978. The Hall–Kier alpha value is -1.92. The highest BCUT2D eigenvalue weighted by Gasteiger charge is 2.24. The molecule has 142 valence electrons. The molecule has 1 saturated heterocycles. The topological polar surface area (TPSA) is 64.7 Å². The second-order valence-corrected chi connectivity index (χ2v) is 7.62. The Morgan fingerprint density at radius 1 is 0.962 bits per heavy atom. The molecule has 0 aromatic heterocycles. The molecular weight excluding hydrogens is 328 g/mol. The molecule has 1 saturated carbocycles. The van der Waals surface area contributed by atoms with Gasteiger partial charge >= 0.3 is 0 Å². The summed E-state index contributed by atoms with van der Waals surface area (Å²) in [6, 6.07) is 11.1. The Labute approximate surface area is 155 Å². The van der Waals surface area contributed by atoms with Gasteiger partial charge in [0.25, 0.3) is 0 Å². The number of benzene rings is 1. The van der Waals surface area contributed by atoms with Gasteiger partial charge in [-0.1, -0.05) is 30.3 Å². The van der Waals surface area contributed by atoms with E-state index < -0.39 is 0 Å². The van der Waals surface area contributed by atoms with E-state index in [0.29, 0.717) is 6.04 Å². The number of amides is 2. The van der Waals surface area contributed by atoms with Gasteiger partial charge in [0.15, 0.2) is 0 Å². The molecule has 6 nitrogen and oxygen atoms in total. The van der Waals surface area contributed by atoms with Gasteiger partial charge in [0, 0.05) is 31.7 Å². The molecule has 1 aromatic rings. The van der Waals surface area contributed by atoms with Crippen LogP contribution in [0.3, 0.4) is 0 Å². The summed E-state index contributed by atoms with van der Waals surface area (Å²) in [4.78, 5) is 28.2. The number of nitrogens with zero attached hydrogens (tertiary/aromatic N) is 2. The van der Waals surface area contributed by atoms with Gasteiger partial charge in [-0.25, -0.2) is 0 Å². The van der Waals surface area contributed by atoms with Crippen molar-refractivity contribution < 1.29 is 9.59 Å². The summed E-state index contributed by atoms with van der Waals surface area (Å²) in [6.45, 7) is 3.51. The average molecular weight is 358 g/mol. The highest BCUT2D eigenvalue weighted by Crippen LogP contribution is 2.18.